The van der Waals surface area contributed by atoms with E-state index in [1.807, 2.05) is 13.0 Å². The second-order valence-corrected chi connectivity index (χ2v) is 10.9. The number of alkyl halides is 2. The zero-order valence-corrected chi connectivity index (χ0v) is 20.3. The summed E-state index contributed by atoms with van der Waals surface area (Å²) in [4.78, 5) is 15.7. The van der Waals surface area contributed by atoms with Crippen molar-refractivity contribution in [2.24, 2.45) is 11.8 Å². The first-order valence-electron chi connectivity index (χ1n) is 11.5. The van der Waals surface area contributed by atoms with E-state index in [1.165, 1.54) is 18.5 Å². The minimum atomic E-state index is -3.29. The van der Waals surface area contributed by atoms with Crippen molar-refractivity contribution in [1.29, 1.82) is 0 Å². The standard InChI is InChI=1S/C23H30F2N6O2S/c1-4-30(18-7-5-15(2)11-17(18)12-28-34(3,32)33)21-9-10-26-23(29-21)19-13-27-20-8-6-16(22(24)25)14-31(19)20/h6,8-10,13-15,17-18,22,28H,4-5,7,11-12H2,1-3H3. The zero-order chi connectivity index (χ0) is 24.5. The lowest BCUT2D eigenvalue weighted by molar-refractivity contribution is 0.151. The average molecular weight is 493 g/mol. The third kappa shape index (κ3) is 5.35. The van der Waals surface area contributed by atoms with E-state index in [9.17, 15) is 17.2 Å². The fourth-order valence-electron chi connectivity index (χ4n) is 4.86. The molecular formula is C23H30F2N6O2S. The Morgan fingerprint density at radius 1 is 1.24 bits per heavy atom. The molecule has 8 nitrogen and oxygen atoms in total. The number of hydrogen-bond donors (Lipinski definition) is 1. The minimum Gasteiger partial charge on any atom is -0.353 e. The summed E-state index contributed by atoms with van der Waals surface area (Å²) in [5, 5.41) is 0. The number of pyridine rings is 1. The molecule has 3 atom stereocenters. The fourth-order valence-corrected chi connectivity index (χ4v) is 5.38. The van der Waals surface area contributed by atoms with Crippen molar-refractivity contribution in [2.75, 3.05) is 24.2 Å². The van der Waals surface area contributed by atoms with E-state index in [0.717, 1.165) is 25.1 Å². The molecule has 1 N–H and O–H groups in total. The van der Waals surface area contributed by atoms with Crippen LogP contribution >= 0.6 is 0 Å². The molecule has 1 aliphatic carbocycles. The maximum absolute atomic E-state index is 13.2. The monoisotopic (exact) mass is 492 g/mol. The third-order valence-corrected chi connectivity index (χ3v) is 7.19. The van der Waals surface area contributed by atoms with Gasteiger partial charge in [0.05, 0.1) is 12.5 Å². The lowest BCUT2D eigenvalue weighted by Crippen LogP contribution is -2.48. The molecule has 0 aromatic carbocycles. The summed E-state index contributed by atoms with van der Waals surface area (Å²) in [5.41, 5.74) is 0.965. The number of imidazole rings is 1. The zero-order valence-electron chi connectivity index (χ0n) is 19.5. The topological polar surface area (TPSA) is 92.5 Å². The number of halogens is 2. The highest BCUT2D eigenvalue weighted by Gasteiger charge is 2.33. The Hall–Kier alpha value is -2.66. The van der Waals surface area contributed by atoms with Gasteiger partial charge in [0.25, 0.3) is 6.43 Å². The molecule has 0 aliphatic heterocycles. The Balaban J connectivity index is 1.66. The number of fused-ring (bicyclic) bond motifs is 1. The molecule has 1 aliphatic rings. The van der Waals surface area contributed by atoms with E-state index in [1.54, 1.807) is 22.9 Å². The van der Waals surface area contributed by atoms with Gasteiger partial charge < -0.3 is 4.90 Å². The van der Waals surface area contributed by atoms with Crippen LogP contribution in [0.2, 0.25) is 0 Å². The van der Waals surface area contributed by atoms with Gasteiger partial charge in [-0.2, -0.15) is 0 Å². The predicted octanol–water partition coefficient (Wildman–Crippen LogP) is 3.91. The van der Waals surface area contributed by atoms with E-state index in [-0.39, 0.29) is 17.5 Å². The van der Waals surface area contributed by atoms with Gasteiger partial charge in [-0.15, -0.1) is 0 Å². The molecule has 11 heteroatoms. The first kappa shape index (κ1) is 24.5. The van der Waals surface area contributed by atoms with Crippen molar-refractivity contribution < 1.29 is 17.2 Å². The summed E-state index contributed by atoms with van der Waals surface area (Å²) in [7, 11) is -3.29. The summed E-state index contributed by atoms with van der Waals surface area (Å²) >= 11 is 0. The molecule has 0 amide bonds. The smallest absolute Gasteiger partial charge is 0.265 e. The van der Waals surface area contributed by atoms with Crippen molar-refractivity contribution in [3.8, 4) is 11.5 Å². The van der Waals surface area contributed by atoms with Crippen LogP contribution in [0.25, 0.3) is 17.2 Å². The number of aromatic nitrogens is 4. The number of sulfonamides is 1. The van der Waals surface area contributed by atoms with Gasteiger partial charge in [-0.25, -0.2) is 36.9 Å². The highest BCUT2D eigenvalue weighted by Crippen LogP contribution is 2.34. The van der Waals surface area contributed by atoms with Crippen LogP contribution in [0, 0.1) is 11.8 Å². The molecule has 34 heavy (non-hydrogen) atoms. The number of nitrogens with one attached hydrogen (secondary N) is 1. The van der Waals surface area contributed by atoms with Crippen LogP contribution in [0.15, 0.2) is 36.8 Å². The molecule has 1 fully saturated rings. The van der Waals surface area contributed by atoms with Crippen molar-refractivity contribution in [3.05, 3.63) is 42.4 Å². The summed E-state index contributed by atoms with van der Waals surface area (Å²) in [6.45, 7) is 5.31. The maximum Gasteiger partial charge on any atom is 0.265 e. The molecule has 0 bridgehead atoms. The average Bonchev–Trinajstić information content (AvgIpc) is 3.22. The molecule has 3 aromatic heterocycles. The van der Waals surface area contributed by atoms with Gasteiger partial charge in [0.15, 0.2) is 5.82 Å². The van der Waals surface area contributed by atoms with Crippen LogP contribution in [0.3, 0.4) is 0 Å². The Morgan fingerprint density at radius 2 is 2.03 bits per heavy atom. The quantitative estimate of drug-likeness (QED) is 0.513. The Bertz CT molecular complexity index is 1250. The van der Waals surface area contributed by atoms with E-state index in [4.69, 9.17) is 4.98 Å². The summed E-state index contributed by atoms with van der Waals surface area (Å²) in [6.07, 6.45) is 6.10. The van der Waals surface area contributed by atoms with Crippen LogP contribution in [-0.2, 0) is 10.0 Å². The van der Waals surface area contributed by atoms with Gasteiger partial charge in [-0.05, 0) is 56.2 Å². The molecular weight excluding hydrogens is 462 g/mol. The first-order chi connectivity index (χ1) is 16.2. The van der Waals surface area contributed by atoms with E-state index in [0.29, 0.717) is 36.2 Å². The third-order valence-electron chi connectivity index (χ3n) is 6.50. The molecule has 1 saturated carbocycles. The summed E-state index contributed by atoms with van der Waals surface area (Å²) in [5.74, 6) is 1.77. The van der Waals surface area contributed by atoms with Gasteiger partial charge in [0.2, 0.25) is 10.0 Å². The Kier molecular flexibility index (Phi) is 7.13. The van der Waals surface area contributed by atoms with Crippen LogP contribution in [0.4, 0.5) is 14.6 Å². The second-order valence-electron chi connectivity index (χ2n) is 9.03. The number of nitrogens with zero attached hydrogens (tertiary/aromatic N) is 5. The van der Waals surface area contributed by atoms with Crippen LogP contribution < -0.4 is 9.62 Å². The Labute approximate surface area is 198 Å². The number of rotatable bonds is 8. The molecule has 3 unspecified atom stereocenters. The van der Waals surface area contributed by atoms with Gasteiger partial charge in [-0.3, -0.25) is 4.40 Å². The van der Waals surface area contributed by atoms with Crippen molar-refractivity contribution >= 4 is 21.5 Å². The second kappa shape index (κ2) is 9.91. The van der Waals surface area contributed by atoms with E-state index < -0.39 is 16.4 Å². The fraction of sp³-hybridized carbons (Fsp3) is 0.522. The lowest BCUT2D eigenvalue weighted by atomic mass is 9.78. The van der Waals surface area contributed by atoms with Crippen LogP contribution in [0.5, 0.6) is 0 Å². The molecule has 0 radical (unpaired) electrons. The number of hydrogen-bond acceptors (Lipinski definition) is 6. The molecule has 184 valence electrons. The largest absolute Gasteiger partial charge is 0.353 e. The molecule has 4 rings (SSSR count). The maximum atomic E-state index is 13.2. The predicted molar refractivity (Wildman–Crippen MR) is 127 cm³/mol. The van der Waals surface area contributed by atoms with Gasteiger partial charge in [-0.1, -0.05) is 6.92 Å². The highest BCUT2D eigenvalue weighted by atomic mass is 32.2. The van der Waals surface area contributed by atoms with Gasteiger partial charge in [0, 0.05) is 37.1 Å². The normalized spacial score (nSPS) is 21.3. The molecule has 3 aromatic rings. The molecule has 0 spiro atoms. The van der Waals surface area contributed by atoms with Crippen LogP contribution in [0.1, 0.15) is 45.1 Å². The molecule has 0 saturated heterocycles. The van der Waals surface area contributed by atoms with Gasteiger partial charge >= 0.3 is 0 Å². The van der Waals surface area contributed by atoms with Crippen LogP contribution in [-0.4, -0.2) is 53.2 Å². The molecule has 3 heterocycles. The highest BCUT2D eigenvalue weighted by molar-refractivity contribution is 7.88. The van der Waals surface area contributed by atoms with E-state index in [2.05, 4.69) is 26.5 Å². The van der Waals surface area contributed by atoms with E-state index >= 15 is 0 Å². The SMILES string of the molecule is CCN(c1ccnc(-c2cnc3ccc(C(F)F)cn23)n1)C1CCC(C)CC1CNS(C)(=O)=O. The minimum absolute atomic E-state index is 0.101. The van der Waals surface area contributed by atoms with Crippen molar-refractivity contribution in [1.82, 2.24) is 24.1 Å². The van der Waals surface area contributed by atoms with Gasteiger partial charge in [0.1, 0.15) is 17.2 Å². The van der Waals surface area contributed by atoms with Crippen molar-refractivity contribution in [3.63, 3.8) is 0 Å². The first-order valence-corrected chi connectivity index (χ1v) is 13.3. The Morgan fingerprint density at radius 3 is 2.74 bits per heavy atom. The summed E-state index contributed by atoms with van der Waals surface area (Å²) in [6, 6.07) is 4.86. The number of anilines is 1. The van der Waals surface area contributed by atoms with Crippen molar-refractivity contribution in [2.45, 2.75) is 45.6 Å². The summed E-state index contributed by atoms with van der Waals surface area (Å²) < 4.78 is 54.2. The lowest BCUT2D eigenvalue weighted by Gasteiger charge is -2.42.